The minimum atomic E-state index is -0.172. The monoisotopic (exact) mass is 201 g/mol. The van der Waals surface area contributed by atoms with E-state index < -0.39 is 0 Å². The lowest BCUT2D eigenvalue weighted by Crippen LogP contribution is -2.40. The Hall–Kier alpha value is -0.0800. The van der Waals surface area contributed by atoms with Crippen molar-refractivity contribution < 1.29 is 5.11 Å². The van der Waals surface area contributed by atoms with Crippen molar-refractivity contribution in [2.24, 2.45) is 5.92 Å². The van der Waals surface area contributed by atoms with E-state index in [0.717, 1.165) is 25.9 Å². The van der Waals surface area contributed by atoms with Gasteiger partial charge in [0.15, 0.2) is 0 Å². The molecule has 0 aromatic rings. The molecule has 0 aliphatic rings. The molecule has 0 radical (unpaired) electrons. The Morgan fingerprint density at radius 1 is 1.14 bits per heavy atom. The zero-order valence-corrected chi connectivity index (χ0v) is 10.5. The summed E-state index contributed by atoms with van der Waals surface area (Å²) in [6.07, 6.45) is 2.04. The van der Waals surface area contributed by atoms with E-state index in [1.807, 2.05) is 0 Å². The predicted octanol–water partition coefficient (Wildman–Crippen LogP) is 2.51. The SMILES string of the molecule is CCCN(CC(O)C(C)CC)C(C)C. The fraction of sp³-hybridized carbons (Fsp3) is 1.00. The first kappa shape index (κ1) is 13.9. The average molecular weight is 201 g/mol. The Balaban J connectivity index is 4.01. The molecule has 0 amide bonds. The number of aliphatic hydroxyl groups excluding tert-OH is 1. The van der Waals surface area contributed by atoms with Crippen molar-refractivity contribution in [2.75, 3.05) is 13.1 Å². The quantitative estimate of drug-likeness (QED) is 0.684. The Labute approximate surface area is 89.3 Å². The van der Waals surface area contributed by atoms with E-state index in [1.165, 1.54) is 0 Å². The molecule has 2 atom stereocenters. The van der Waals surface area contributed by atoms with E-state index in [1.54, 1.807) is 0 Å². The van der Waals surface area contributed by atoms with E-state index >= 15 is 0 Å². The Kier molecular flexibility index (Phi) is 7.20. The van der Waals surface area contributed by atoms with Gasteiger partial charge in [0, 0.05) is 12.6 Å². The predicted molar refractivity (Wildman–Crippen MR) is 62.5 cm³/mol. The molecule has 14 heavy (non-hydrogen) atoms. The second kappa shape index (κ2) is 7.24. The maximum absolute atomic E-state index is 9.92. The molecule has 0 aromatic heterocycles. The van der Waals surface area contributed by atoms with E-state index in [-0.39, 0.29) is 6.10 Å². The van der Waals surface area contributed by atoms with Gasteiger partial charge in [-0.1, -0.05) is 27.2 Å². The molecule has 0 heterocycles. The van der Waals surface area contributed by atoms with Crippen LogP contribution in [0.15, 0.2) is 0 Å². The second-order valence-electron chi connectivity index (χ2n) is 4.54. The van der Waals surface area contributed by atoms with Crippen molar-refractivity contribution >= 4 is 0 Å². The number of hydrogen-bond donors (Lipinski definition) is 1. The van der Waals surface area contributed by atoms with Crippen molar-refractivity contribution in [1.82, 2.24) is 4.90 Å². The minimum Gasteiger partial charge on any atom is -0.392 e. The van der Waals surface area contributed by atoms with Crippen LogP contribution in [-0.2, 0) is 0 Å². The van der Waals surface area contributed by atoms with Crippen LogP contribution in [0.3, 0.4) is 0 Å². The summed E-state index contributed by atoms with van der Waals surface area (Å²) in [6, 6.07) is 0.536. The number of rotatable bonds is 7. The van der Waals surface area contributed by atoms with Crippen LogP contribution in [0.1, 0.15) is 47.5 Å². The number of hydrogen-bond acceptors (Lipinski definition) is 2. The zero-order chi connectivity index (χ0) is 11.1. The lowest BCUT2D eigenvalue weighted by atomic mass is 10.0. The fourth-order valence-corrected chi connectivity index (χ4v) is 1.54. The van der Waals surface area contributed by atoms with Crippen molar-refractivity contribution in [1.29, 1.82) is 0 Å². The maximum atomic E-state index is 9.92. The molecule has 2 nitrogen and oxygen atoms in total. The van der Waals surface area contributed by atoms with E-state index in [0.29, 0.717) is 12.0 Å². The summed E-state index contributed by atoms with van der Waals surface area (Å²) < 4.78 is 0. The van der Waals surface area contributed by atoms with Gasteiger partial charge in [-0.05, 0) is 32.7 Å². The second-order valence-corrected chi connectivity index (χ2v) is 4.54. The van der Waals surface area contributed by atoms with Crippen LogP contribution < -0.4 is 0 Å². The molecule has 2 unspecified atom stereocenters. The normalized spacial score (nSPS) is 16.3. The van der Waals surface area contributed by atoms with Crippen LogP contribution >= 0.6 is 0 Å². The van der Waals surface area contributed by atoms with E-state index in [4.69, 9.17) is 0 Å². The van der Waals surface area contributed by atoms with Crippen molar-refractivity contribution in [3.63, 3.8) is 0 Å². The Bertz CT molecular complexity index is 136. The third kappa shape index (κ3) is 4.97. The Morgan fingerprint density at radius 3 is 2.07 bits per heavy atom. The molecule has 86 valence electrons. The lowest BCUT2D eigenvalue weighted by molar-refractivity contribution is 0.0566. The van der Waals surface area contributed by atoms with Crippen molar-refractivity contribution in [3.8, 4) is 0 Å². The molecule has 0 rings (SSSR count). The summed E-state index contributed by atoms with van der Waals surface area (Å²) in [7, 11) is 0. The minimum absolute atomic E-state index is 0.172. The van der Waals surface area contributed by atoms with Gasteiger partial charge in [-0.15, -0.1) is 0 Å². The highest BCUT2D eigenvalue weighted by molar-refractivity contribution is 4.71. The standard InChI is InChI=1S/C12H27NO/c1-6-8-13(10(3)4)9-12(14)11(5)7-2/h10-12,14H,6-9H2,1-5H3. The fourth-order valence-electron chi connectivity index (χ4n) is 1.54. The highest BCUT2D eigenvalue weighted by Crippen LogP contribution is 2.11. The van der Waals surface area contributed by atoms with Crippen LogP contribution in [0.25, 0.3) is 0 Å². The maximum Gasteiger partial charge on any atom is 0.0692 e. The summed E-state index contributed by atoms with van der Waals surface area (Å²) >= 11 is 0. The van der Waals surface area contributed by atoms with E-state index in [9.17, 15) is 5.11 Å². The lowest BCUT2D eigenvalue weighted by Gasteiger charge is -2.30. The van der Waals surface area contributed by atoms with Gasteiger partial charge in [-0.25, -0.2) is 0 Å². The first-order chi connectivity index (χ1) is 6.52. The molecule has 0 spiro atoms. The third-order valence-electron chi connectivity index (χ3n) is 2.96. The highest BCUT2D eigenvalue weighted by Gasteiger charge is 2.17. The molecular formula is C12H27NO. The van der Waals surface area contributed by atoms with Crippen molar-refractivity contribution in [2.45, 2.75) is 59.6 Å². The molecule has 2 heteroatoms. The first-order valence-electron chi connectivity index (χ1n) is 5.94. The summed E-state index contributed by atoms with van der Waals surface area (Å²) in [5.74, 6) is 0.410. The average Bonchev–Trinajstić information content (AvgIpc) is 2.15. The van der Waals surface area contributed by atoms with Crippen molar-refractivity contribution in [3.05, 3.63) is 0 Å². The molecule has 0 saturated heterocycles. The van der Waals surface area contributed by atoms with Crippen LogP contribution in [0.2, 0.25) is 0 Å². The zero-order valence-electron chi connectivity index (χ0n) is 10.5. The highest BCUT2D eigenvalue weighted by atomic mass is 16.3. The van der Waals surface area contributed by atoms with Crippen LogP contribution in [0, 0.1) is 5.92 Å². The molecule has 0 aromatic carbocycles. The van der Waals surface area contributed by atoms with Gasteiger partial charge in [0.1, 0.15) is 0 Å². The van der Waals surface area contributed by atoms with Gasteiger partial charge in [0.05, 0.1) is 6.10 Å². The Morgan fingerprint density at radius 2 is 1.71 bits per heavy atom. The molecular weight excluding hydrogens is 174 g/mol. The number of nitrogens with zero attached hydrogens (tertiary/aromatic N) is 1. The van der Waals surface area contributed by atoms with E-state index in [2.05, 4.69) is 39.5 Å². The molecule has 0 aliphatic heterocycles. The van der Waals surface area contributed by atoms with Gasteiger partial charge >= 0.3 is 0 Å². The summed E-state index contributed by atoms with van der Waals surface area (Å²) in [5.41, 5.74) is 0. The summed E-state index contributed by atoms with van der Waals surface area (Å²) in [6.45, 7) is 12.7. The van der Waals surface area contributed by atoms with Crippen LogP contribution in [0.4, 0.5) is 0 Å². The topological polar surface area (TPSA) is 23.5 Å². The molecule has 1 N–H and O–H groups in total. The molecule has 0 saturated carbocycles. The number of aliphatic hydroxyl groups is 1. The van der Waals surface area contributed by atoms with Gasteiger partial charge in [-0.2, -0.15) is 0 Å². The summed E-state index contributed by atoms with van der Waals surface area (Å²) in [5, 5.41) is 9.92. The molecule has 0 bridgehead atoms. The van der Waals surface area contributed by atoms with Gasteiger partial charge < -0.3 is 5.11 Å². The van der Waals surface area contributed by atoms with Crippen LogP contribution in [0.5, 0.6) is 0 Å². The van der Waals surface area contributed by atoms with Gasteiger partial charge in [0.25, 0.3) is 0 Å². The molecule has 0 aliphatic carbocycles. The molecule has 0 fully saturated rings. The third-order valence-corrected chi connectivity index (χ3v) is 2.96. The van der Waals surface area contributed by atoms with Gasteiger partial charge in [-0.3, -0.25) is 4.90 Å². The smallest absolute Gasteiger partial charge is 0.0692 e. The summed E-state index contributed by atoms with van der Waals surface area (Å²) in [4.78, 5) is 2.36. The first-order valence-corrected chi connectivity index (χ1v) is 5.94. The van der Waals surface area contributed by atoms with Crippen LogP contribution in [-0.4, -0.2) is 35.2 Å². The van der Waals surface area contributed by atoms with Gasteiger partial charge in [0.2, 0.25) is 0 Å². The largest absolute Gasteiger partial charge is 0.392 e.